The van der Waals surface area contributed by atoms with Crippen LogP contribution in [0.5, 0.6) is 0 Å². The van der Waals surface area contributed by atoms with E-state index in [1.807, 2.05) is 67.6 Å². The predicted octanol–water partition coefficient (Wildman–Crippen LogP) is 4.06. The Morgan fingerprint density at radius 3 is 2.75 bits per heavy atom. The zero-order valence-corrected chi connectivity index (χ0v) is 19.3. The van der Waals surface area contributed by atoms with Crippen molar-refractivity contribution in [3.8, 4) is 0 Å². The van der Waals surface area contributed by atoms with Crippen molar-refractivity contribution in [2.75, 3.05) is 19.0 Å². The molecule has 0 aliphatic heterocycles. The highest BCUT2D eigenvalue weighted by Gasteiger charge is 2.18. The number of benzene rings is 2. The van der Waals surface area contributed by atoms with Crippen molar-refractivity contribution in [3.05, 3.63) is 69.5 Å². The van der Waals surface area contributed by atoms with E-state index in [1.165, 1.54) is 11.8 Å². The van der Waals surface area contributed by atoms with Gasteiger partial charge in [-0.2, -0.15) is 0 Å². The monoisotopic (exact) mass is 450 g/mol. The largest absolute Gasteiger partial charge is 0.382 e. The summed E-state index contributed by atoms with van der Waals surface area (Å²) in [4.78, 5) is 26.0. The number of aromatic nitrogens is 4. The van der Waals surface area contributed by atoms with Gasteiger partial charge in [0.1, 0.15) is 0 Å². The van der Waals surface area contributed by atoms with Gasteiger partial charge in [0.2, 0.25) is 5.78 Å². The molecule has 0 saturated heterocycles. The second kappa shape index (κ2) is 9.67. The average molecular weight is 451 g/mol. The SMILES string of the molecule is CCOCCCn1c(=O)c2ccccc2n2c(SCC(=O)c3cc(C)ccc3C)nnc12. The van der Waals surface area contributed by atoms with E-state index in [-0.39, 0.29) is 17.1 Å². The van der Waals surface area contributed by atoms with Gasteiger partial charge < -0.3 is 4.74 Å². The topological polar surface area (TPSA) is 78.5 Å². The Kier molecular flexibility index (Phi) is 6.72. The fraction of sp³-hybridized carbons (Fsp3) is 0.333. The highest BCUT2D eigenvalue weighted by atomic mass is 32.2. The standard InChI is InChI=1S/C24H26N4O3S/c1-4-31-13-7-12-27-22(30)18-8-5-6-9-20(18)28-23(27)25-26-24(28)32-15-21(29)19-14-16(2)10-11-17(19)3/h5-6,8-11,14H,4,7,12-13,15H2,1-3H3. The van der Waals surface area contributed by atoms with Gasteiger partial charge in [-0.15, -0.1) is 10.2 Å². The highest BCUT2D eigenvalue weighted by Crippen LogP contribution is 2.23. The Hall–Kier alpha value is -2.97. The molecule has 0 aliphatic rings. The Labute approximate surface area is 190 Å². The first-order valence-electron chi connectivity index (χ1n) is 10.7. The lowest BCUT2D eigenvalue weighted by molar-refractivity contribution is 0.102. The summed E-state index contributed by atoms with van der Waals surface area (Å²) in [6.45, 7) is 7.56. The first-order chi connectivity index (χ1) is 15.5. The molecular formula is C24H26N4O3S. The van der Waals surface area contributed by atoms with E-state index >= 15 is 0 Å². The third kappa shape index (κ3) is 4.33. The Balaban J connectivity index is 1.70. The van der Waals surface area contributed by atoms with E-state index in [0.29, 0.717) is 42.5 Å². The molecule has 0 bridgehead atoms. The van der Waals surface area contributed by atoms with Gasteiger partial charge in [-0.05, 0) is 51.0 Å². The average Bonchev–Trinajstić information content (AvgIpc) is 3.22. The minimum Gasteiger partial charge on any atom is -0.382 e. The molecule has 0 fully saturated rings. The molecule has 0 saturated carbocycles. The zero-order valence-electron chi connectivity index (χ0n) is 18.5. The molecule has 4 rings (SSSR count). The number of hydrogen-bond donors (Lipinski definition) is 0. The van der Waals surface area contributed by atoms with Crippen molar-refractivity contribution in [2.24, 2.45) is 0 Å². The van der Waals surface area contributed by atoms with E-state index in [0.717, 1.165) is 22.2 Å². The molecular weight excluding hydrogens is 424 g/mol. The number of nitrogens with zero attached hydrogens (tertiary/aromatic N) is 4. The van der Waals surface area contributed by atoms with Crippen molar-refractivity contribution in [1.82, 2.24) is 19.2 Å². The van der Waals surface area contributed by atoms with Gasteiger partial charge in [-0.1, -0.05) is 41.6 Å². The lowest BCUT2D eigenvalue weighted by Gasteiger charge is -2.11. The van der Waals surface area contributed by atoms with E-state index in [9.17, 15) is 9.59 Å². The number of ketones is 1. The van der Waals surface area contributed by atoms with Gasteiger partial charge in [0, 0.05) is 25.3 Å². The second-order valence-corrected chi connectivity index (χ2v) is 8.62. The van der Waals surface area contributed by atoms with Crippen LogP contribution in [0.3, 0.4) is 0 Å². The summed E-state index contributed by atoms with van der Waals surface area (Å²) in [6.07, 6.45) is 0.697. The van der Waals surface area contributed by atoms with Gasteiger partial charge in [0.05, 0.1) is 16.7 Å². The number of carbonyl (C=O) groups is 1. The maximum atomic E-state index is 13.1. The van der Waals surface area contributed by atoms with Crippen molar-refractivity contribution in [3.63, 3.8) is 0 Å². The molecule has 2 heterocycles. The molecule has 32 heavy (non-hydrogen) atoms. The van der Waals surface area contributed by atoms with Crippen LogP contribution in [0, 0.1) is 13.8 Å². The van der Waals surface area contributed by atoms with E-state index in [4.69, 9.17) is 4.74 Å². The van der Waals surface area contributed by atoms with Gasteiger partial charge in [-0.25, -0.2) is 0 Å². The van der Waals surface area contributed by atoms with Crippen LogP contribution in [-0.2, 0) is 11.3 Å². The van der Waals surface area contributed by atoms with Crippen molar-refractivity contribution >= 4 is 34.2 Å². The molecule has 8 heteroatoms. The lowest BCUT2D eigenvalue weighted by atomic mass is 10.0. The second-order valence-electron chi connectivity index (χ2n) is 7.67. The van der Waals surface area contributed by atoms with Crippen LogP contribution < -0.4 is 5.56 Å². The molecule has 166 valence electrons. The number of rotatable bonds is 9. The molecule has 2 aromatic carbocycles. The van der Waals surface area contributed by atoms with Crippen LogP contribution in [-0.4, -0.2) is 43.9 Å². The zero-order chi connectivity index (χ0) is 22.7. The number of Topliss-reactive ketones (excluding diaryl/α,β-unsaturated/α-hetero) is 1. The van der Waals surface area contributed by atoms with Crippen LogP contribution >= 0.6 is 11.8 Å². The number of carbonyl (C=O) groups excluding carboxylic acids is 1. The summed E-state index contributed by atoms with van der Waals surface area (Å²) in [7, 11) is 0. The molecule has 0 aliphatic carbocycles. The van der Waals surface area contributed by atoms with Gasteiger partial charge in [0.15, 0.2) is 10.9 Å². The molecule has 0 atom stereocenters. The first-order valence-corrected chi connectivity index (χ1v) is 11.7. The Bertz CT molecular complexity index is 1340. The quantitative estimate of drug-likeness (QED) is 0.217. The molecule has 0 spiro atoms. The van der Waals surface area contributed by atoms with E-state index < -0.39 is 0 Å². The van der Waals surface area contributed by atoms with Crippen LogP contribution in [0.15, 0.2) is 52.4 Å². The fourth-order valence-electron chi connectivity index (χ4n) is 3.74. The predicted molar refractivity (Wildman–Crippen MR) is 127 cm³/mol. The Morgan fingerprint density at radius 2 is 1.94 bits per heavy atom. The fourth-order valence-corrected chi connectivity index (χ4v) is 4.57. The molecule has 4 aromatic rings. The summed E-state index contributed by atoms with van der Waals surface area (Å²) in [5.41, 5.74) is 3.38. The van der Waals surface area contributed by atoms with Crippen molar-refractivity contribution < 1.29 is 9.53 Å². The maximum Gasteiger partial charge on any atom is 0.262 e. The number of fused-ring (bicyclic) bond motifs is 3. The van der Waals surface area contributed by atoms with Crippen LogP contribution in [0.4, 0.5) is 0 Å². The summed E-state index contributed by atoms with van der Waals surface area (Å²) in [5, 5.41) is 9.83. The van der Waals surface area contributed by atoms with Crippen LogP contribution in [0.2, 0.25) is 0 Å². The molecule has 2 aromatic heterocycles. The van der Waals surface area contributed by atoms with Crippen molar-refractivity contribution in [2.45, 2.75) is 38.9 Å². The number of para-hydroxylation sites is 1. The van der Waals surface area contributed by atoms with Crippen molar-refractivity contribution in [1.29, 1.82) is 0 Å². The lowest BCUT2D eigenvalue weighted by Crippen LogP contribution is -2.24. The maximum absolute atomic E-state index is 13.1. The molecule has 0 amide bonds. The normalized spacial score (nSPS) is 11.5. The first kappa shape index (κ1) is 22.2. The number of hydrogen-bond acceptors (Lipinski definition) is 6. The third-order valence-corrected chi connectivity index (χ3v) is 6.31. The van der Waals surface area contributed by atoms with Gasteiger partial charge >= 0.3 is 0 Å². The van der Waals surface area contributed by atoms with E-state index in [1.54, 1.807) is 4.57 Å². The minimum absolute atomic E-state index is 0.0438. The third-order valence-electron chi connectivity index (χ3n) is 5.38. The highest BCUT2D eigenvalue weighted by molar-refractivity contribution is 7.99. The molecule has 0 unspecified atom stereocenters. The molecule has 0 radical (unpaired) electrons. The van der Waals surface area contributed by atoms with Crippen LogP contribution in [0.25, 0.3) is 16.7 Å². The molecule has 7 nitrogen and oxygen atoms in total. The summed E-state index contributed by atoms with van der Waals surface area (Å²) in [6, 6.07) is 13.3. The molecule has 0 N–H and O–H groups in total. The van der Waals surface area contributed by atoms with Gasteiger partial charge in [-0.3, -0.25) is 18.6 Å². The summed E-state index contributed by atoms with van der Waals surface area (Å²) >= 11 is 1.34. The van der Waals surface area contributed by atoms with Gasteiger partial charge in [0.25, 0.3) is 5.56 Å². The van der Waals surface area contributed by atoms with E-state index in [2.05, 4.69) is 10.2 Å². The summed E-state index contributed by atoms with van der Waals surface area (Å²) < 4.78 is 8.94. The summed E-state index contributed by atoms with van der Waals surface area (Å²) in [5.74, 6) is 0.761. The number of thioether (sulfide) groups is 1. The van der Waals surface area contributed by atoms with Crippen LogP contribution in [0.1, 0.15) is 34.8 Å². The minimum atomic E-state index is -0.0972. The Morgan fingerprint density at radius 1 is 1.12 bits per heavy atom. The smallest absolute Gasteiger partial charge is 0.262 e. The number of aryl methyl sites for hydroxylation is 3. The number of ether oxygens (including phenoxy) is 1.